The van der Waals surface area contributed by atoms with Crippen LogP contribution in [0.5, 0.6) is 5.75 Å². The Morgan fingerprint density at radius 2 is 1.93 bits per heavy atom. The molecule has 1 aliphatic rings. The fraction of sp³-hybridized carbons (Fsp3) is 0.381. The lowest BCUT2D eigenvalue weighted by atomic mass is 10.1. The van der Waals surface area contributed by atoms with Gasteiger partial charge in [-0.2, -0.15) is 11.8 Å². The number of nitrogens with one attached hydrogen (secondary N) is 1. The molecule has 0 spiro atoms. The molecule has 1 N–H and O–H groups in total. The lowest BCUT2D eigenvalue weighted by Gasteiger charge is -2.34. The summed E-state index contributed by atoms with van der Waals surface area (Å²) in [5.74, 6) is 1.72. The normalized spacial score (nSPS) is 16.1. The Hall–Kier alpha value is -2.19. The summed E-state index contributed by atoms with van der Waals surface area (Å²) in [5, 5.41) is 2.87. The third-order valence-corrected chi connectivity index (χ3v) is 7.55. The average Bonchev–Trinajstić information content (AvgIpc) is 2.73. The van der Waals surface area contributed by atoms with Gasteiger partial charge in [0, 0.05) is 18.1 Å². The first-order chi connectivity index (χ1) is 13.9. The van der Waals surface area contributed by atoms with Crippen molar-refractivity contribution in [2.75, 3.05) is 28.9 Å². The third-order valence-electron chi connectivity index (χ3n) is 4.79. The largest absolute Gasteiger partial charge is 0.476 e. The van der Waals surface area contributed by atoms with Crippen molar-refractivity contribution in [3.05, 3.63) is 59.7 Å². The second-order valence-corrected chi connectivity index (χ2v) is 10.1. The Bertz CT molecular complexity index is 963. The molecule has 1 aliphatic heterocycles. The van der Waals surface area contributed by atoms with Crippen molar-refractivity contribution in [3.8, 4) is 5.75 Å². The molecule has 1 amide bonds. The number of fused-ring (bicyclic) bond motifs is 1. The molecule has 0 saturated carbocycles. The molecule has 0 bridgehead atoms. The third kappa shape index (κ3) is 5.25. The Balaban J connectivity index is 1.55. The minimum atomic E-state index is -3.50. The molecular formula is C21H26N2O4S2. The van der Waals surface area contributed by atoms with Gasteiger partial charge in [0.05, 0.1) is 18.0 Å². The first-order valence-corrected chi connectivity index (χ1v) is 12.3. The molecule has 0 unspecified atom stereocenters. The minimum absolute atomic E-state index is 0.0185. The molecule has 2 aromatic carbocycles. The van der Waals surface area contributed by atoms with Gasteiger partial charge in [0.2, 0.25) is 10.0 Å². The van der Waals surface area contributed by atoms with E-state index in [2.05, 4.69) is 24.4 Å². The van der Waals surface area contributed by atoms with E-state index >= 15 is 0 Å². The summed E-state index contributed by atoms with van der Waals surface area (Å²) >= 11 is 1.74. The molecule has 0 aromatic heterocycles. The van der Waals surface area contributed by atoms with Crippen LogP contribution in [-0.2, 0) is 20.6 Å². The van der Waals surface area contributed by atoms with Gasteiger partial charge in [-0.3, -0.25) is 9.10 Å². The molecular weight excluding hydrogens is 408 g/mol. The summed E-state index contributed by atoms with van der Waals surface area (Å²) in [7, 11) is -3.50. The average molecular weight is 435 g/mol. The molecule has 156 valence electrons. The summed E-state index contributed by atoms with van der Waals surface area (Å²) in [5.41, 5.74) is 3.03. The second-order valence-electron chi connectivity index (χ2n) is 6.78. The van der Waals surface area contributed by atoms with Crippen LogP contribution in [0.2, 0.25) is 0 Å². The van der Waals surface area contributed by atoms with Crippen LogP contribution < -0.4 is 14.4 Å². The Labute approximate surface area is 176 Å². The number of hydrogen-bond donors (Lipinski definition) is 1. The number of aryl methyl sites for hydroxylation is 1. The molecule has 1 atom stereocenters. The molecule has 0 aliphatic carbocycles. The molecule has 1 heterocycles. The van der Waals surface area contributed by atoms with Crippen molar-refractivity contribution >= 4 is 33.4 Å². The number of amides is 1. The zero-order valence-corrected chi connectivity index (χ0v) is 18.3. The van der Waals surface area contributed by atoms with E-state index in [1.54, 1.807) is 43.0 Å². The number of nitrogens with zero attached hydrogens (tertiary/aromatic N) is 1. The van der Waals surface area contributed by atoms with Crippen LogP contribution in [0.4, 0.5) is 5.69 Å². The lowest BCUT2D eigenvalue weighted by molar-refractivity contribution is -0.127. The molecule has 0 fully saturated rings. The monoisotopic (exact) mass is 434 g/mol. The summed E-state index contributed by atoms with van der Waals surface area (Å²) < 4.78 is 32.0. The van der Waals surface area contributed by atoms with Gasteiger partial charge >= 0.3 is 0 Å². The predicted molar refractivity (Wildman–Crippen MR) is 118 cm³/mol. The number of ether oxygens (including phenoxy) is 1. The summed E-state index contributed by atoms with van der Waals surface area (Å²) in [6, 6.07) is 15.1. The van der Waals surface area contributed by atoms with E-state index in [9.17, 15) is 13.2 Å². The highest BCUT2D eigenvalue weighted by molar-refractivity contribution is 7.98. The number of hydrogen-bond acceptors (Lipinski definition) is 5. The standard InChI is InChI=1S/C21H26N2O4S2/c1-3-29(25,26)23-14-20(27-19-11-7-6-10-18(19)23)21(24)22-12-13-28-15-17-9-5-4-8-16(17)2/h4-11,20H,3,12-15H2,1-2H3,(H,22,24)/t20-/m0/s1. The van der Waals surface area contributed by atoms with E-state index in [0.717, 1.165) is 11.5 Å². The molecule has 8 heteroatoms. The van der Waals surface area contributed by atoms with Crippen LogP contribution >= 0.6 is 11.8 Å². The van der Waals surface area contributed by atoms with E-state index in [1.807, 2.05) is 12.1 Å². The van der Waals surface area contributed by atoms with E-state index in [4.69, 9.17) is 4.74 Å². The van der Waals surface area contributed by atoms with Gasteiger partial charge in [-0.15, -0.1) is 0 Å². The SMILES string of the molecule is CCS(=O)(=O)N1C[C@@H](C(=O)NCCSCc2ccccc2C)Oc2ccccc21. The second kappa shape index (κ2) is 9.54. The smallest absolute Gasteiger partial charge is 0.263 e. The van der Waals surface area contributed by atoms with Crippen molar-refractivity contribution in [2.45, 2.75) is 25.7 Å². The van der Waals surface area contributed by atoms with Crippen LogP contribution in [0, 0.1) is 6.92 Å². The van der Waals surface area contributed by atoms with Gasteiger partial charge in [0.1, 0.15) is 5.75 Å². The van der Waals surface area contributed by atoms with Crippen molar-refractivity contribution < 1.29 is 17.9 Å². The van der Waals surface area contributed by atoms with Crippen LogP contribution in [0.15, 0.2) is 48.5 Å². The van der Waals surface area contributed by atoms with E-state index in [0.29, 0.717) is 18.0 Å². The number of thioether (sulfide) groups is 1. The number of carbonyl (C=O) groups excluding carboxylic acids is 1. The minimum Gasteiger partial charge on any atom is -0.476 e. The van der Waals surface area contributed by atoms with Gasteiger partial charge in [-0.1, -0.05) is 36.4 Å². The van der Waals surface area contributed by atoms with Gasteiger partial charge in [0.15, 0.2) is 6.10 Å². The van der Waals surface area contributed by atoms with Crippen molar-refractivity contribution in [3.63, 3.8) is 0 Å². The fourth-order valence-corrected chi connectivity index (χ4v) is 5.13. The molecule has 0 radical (unpaired) electrons. The first kappa shape index (κ1) is 21.5. The maximum atomic E-state index is 12.6. The molecule has 29 heavy (non-hydrogen) atoms. The van der Waals surface area contributed by atoms with Crippen molar-refractivity contribution in [1.82, 2.24) is 5.32 Å². The van der Waals surface area contributed by atoms with E-state index in [-0.39, 0.29) is 18.2 Å². The van der Waals surface area contributed by atoms with E-state index < -0.39 is 16.1 Å². The Morgan fingerprint density at radius 1 is 1.21 bits per heavy atom. The molecule has 2 aromatic rings. The first-order valence-electron chi connectivity index (χ1n) is 9.58. The van der Waals surface area contributed by atoms with Crippen LogP contribution in [0.3, 0.4) is 0 Å². The number of benzene rings is 2. The van der Waals surface area contributed by atoms with E-state index in [1.165, 1.54) is 15.4 Å². The predicted octanol–water partition coefficient (Wildman–Crippen LogP) is 2.96. The summed E-state index contributed by atoms with van der Waals surface area (Å²) in [4.78, 5) is 12.6. The highest BCUT2D eigenvalue weighted by Gasteiger charge is 2.35. The highest BCUT2D eigenvalue weighted by Crippen LogP contribution is 2.35. The van der Waals surface area contributed by atoms with Gasteiger partial charge < -0.3 is 10.1 Å². The lowest BCUT2D eigenvalue weighted by Crippen LogP contribution is -2.51. The number of rotatable bonds is 8. The molecule has 6 nitrogen and oxygen atoms in total. The number of para-hydroxylation sites is 2. The Morgan fingerprint density at radius 3 is 2.69 bits per heavy atom. The van der Waals surface area contributed by atoms with Crippen LogP contribution in [-0.4, -0.2) is 45.0 Å². The van der Waals surface area contributed by atoms with Crippen molar-refractivity contribution in [2.24, 2.45) is 0 Å². The molecule has 3 rings (SSSR count). The Kier molecular flexibility index (Phi) is 7.08. The highest BCUT2D eigenvalue weighted by atomic mass is 32.2. The van der Waals surface area contributed by atoms with Gasteiger partial charge in [0.25, 0.3) is 5.91 Å². The number of anilines is 1. The van der Waals surface area contributed by atoms with Crippen LogP contribution in [0.1, 0.15) is 18.1 Å². The maximum Gasteiger partial charge on any atom is 0.263 e. The maximum absolute atomic E-state index is 12.6. The zero-order chi connectivity index (χ0) is 20.9. The fourth-order valence-electron chi connectivity index (χ4n) is 3.07. The van der Waals surface area contributed by atoms with Gasteiger partial charge in [-0.25, -0.2) is 8.42 Å². The van der Waals surface area contributed by atoms with Crippen molar-refractivity contribution in [1.29, 1.82) is 0 Å². The number of carbonyl (C=O) groups is 1. The zero-order valence-electron chi connectivity index (χ0n) is 16.6. The topological polar surface area (TPSA) is 75.7 Å². The summed E-state index contributed by atoms with van der Waals surface area (Å²) in [6.45, 7) is 4.16. The number of sulfonamides is 1. The summed E-state index contributed by atoms with van der Waals surface area (Å²) in [6.07, 6.45) is -0.868. The molecule has 0 saturated heterocycles. The van der Waals surface area contributed by atoms with Gasteiger partial charge in [-0.05, 0) is 37.1 Å². The van der Waals surface area contributed by atoms with Crippen LogP contribution in [0.25, 0.3) is 0 Å². The quantitative estimate of drug-likeness (QED) is 0.647.